The summed E-state index contributed by atoms with van der Waals surface area (Å²) in [6.45, 7) is 3.73. The zero-order valence-corrected chi connectivity index (χ0v) is 15.9. The second kappa shape index (κ2) is 7.90. The van der Waals surface area contributed by atoms with Gasteiger partial charge in [-0.3, -0.25) is 4.72 Å². The summed E-state index contributed by atoms with van der Waals surface area (Å²) in [4.78, 5) is -0.305. The maximum atomic E-state index is 12.3. The van der Waals surface area contributed by atoms with E-state index in [9.17, 15) is 16.8 Å². The van der Waals surface area contributed by atoms with Crippen molar-refractivity contribution in [3.05, 3.63) is 59.5 Å². The Morgan fingerprint density at radius 1 is 1.00 bits per heavy atom. The topological polar surface area (TPSA) is 116 Å². The average Bonchev–Trinajstić information content (AvgIpc) is 2.53. The molecule has 0 fully saturated rings. The number of hydrogen-bond acceptors (Lipinski definition) is 5. The van der Waals surface area contributed by atoms with E-state index < -0.39 is 20.0 Å². The quantitative estimate of drug-likeness (QED) is 0.746. The molecule has 0 atom stereocenters. The molecule has 9 heteroatoms. The SMILES string of the molecule is CC(C)Oc1ccccc1C=CS(=O)(=O)Nc1ccccc1S(N)(=O)=O. The molecule has 0 amide bonds. The van der Waals surface area contributed by atoms with Crippen molar-refractivity contribution >= 4 is 31.8 Å². The zero-order chi connectivity index (χ0) is 19.4. The summed E-state index contributed by atoms with van der Waals surface area (Å²) in [7, 11) is -8.03. The molecule has 0 aliphatic carbocycles. The van der Waals surface area contributed by atoms with Gasteiger partial charge in [-0.2, -0.15) is 0 Å². The predicted molar refractivity (Wildman–Crippen MR) is 102 cm³/mol. The molecule has 0 aromatic heterocycles. The zero-order valence-electron chi connectivity index (χ0n) is 14.3. The van der Waals surface area contributed by atoms with Gasteiger partial charge in [0, 0.05) is 5.56 Å². The Labute approximate surface area is 153 Å². The number of primary sulfonamides is 1. The van der Waals surface area contributed by atoms with Crippen LogP contribution in [0.3, 0.4) is 0 Å². The molecule has 0 aliphatic rings. The molecule has 7 nitrogen and oxygen atoms in total. The van der Waals surface area contributed by atoms with Crippen LogP contribution in [0.5, 0.6) is 5.75 Å². The molecule has 26 heavy (non-hydrogen) atoms. The number of nitrogens with two attached hydrogens (primary N) is 1. The first kappa shape index (κ1) is 20.0. The Balaban J connectivity index is 2.30. The van der Waals surface area contributed by atoms with E-state index in [0.29, 0.717) is 11.3 Å². The van der Waals surface area contributed by atoms with E-state index in [1.807, 2.05) is 13.8 Å². The van der Waals surface area contributed by atoms with Crippen LogP contribution in [-0.4, -0.2) is 22.9 Å². The van der Waals surface area contributed by atoms with E-state index in [-0.39, 0.29) is 16.7 Å². The van der Waals surface area contributed by atoms with Gasteiger partial charge in [-0.15, -0.1) is 0 Å². The molecule has 140 valence electrons. The summed E-state index contributed by atoms with van der Waals surface area (Å²) in [5.74, 6) is 0.541. The van der Waals surface area contributed by atoms with Crippen molar-refractivity contribution in [1.29, 1.82) is 0 Å². The van der Waals surface area contributed by atoms with Gasteiger partial charge >= 0.3 is 0 Å². The lowest BCUT2D eigenvalue weighted by Crippen LogP contribution is -2.17. The van der Waals surface area contributed by atoms with E-state index in [1.165, 1.54) is 30.3 Å². The highest BCUT2D eigenvalue weighted by molar-refractivity contribution is 7.95. The Bertz CT molecular complexity index is 1010. The van der Waals surface area contributed by atoms with Crippen molar-refractivity contribution in [1.82, 2.24) is 0 Å². The minimum atomic E-state index is -4.06. The Hall–Kier alpha value is -2.36. The molecular weight excluding hydrogens is 376 g/mol. The summed E-state index contributed by atoms with van der Waals surface area (Å²) in [6, 6.07) is 12.5. The molecule has 3 N–H and O–H groups in total. The van der Waals surface area contributed by atoms with Gasteiger partial charge < -0.3 is 4.74 Å². The van der Waals surface area contributed by atoms with Crippen LogP contribution in [0.15, 0.2) is 58.8 Å². The molecule has 0 saturated carbocycles. The molecule has 2 aromatic rings. The fraction of sp³-hybridized carbons (Fsp3) is 0.176. The molecule has 2 rings (SSSR count). The summed E-state index contributed by atoms with van der Waals surface area (Å²) < 4.78 is 55.6. The Kier molecular flexibility index (Phi) is 6.06. The van der Waals surface area contributed by atoms with E-state index in [0.717, 1.165) is 5.41 Å². The van der Waals surface area contributed by atoms with Crippen LogP contribution in [0.2, 0.25) is 0 Å². The maximum absolute atomic E-state index is 12.3. The average molecular weight is 396 g/mol. The third-order valence-corrected chi connectivity index (χ3v) is 5.12. The van der Waals surface area contributed by atoms with Crippen LogP contribution >= 0.6 is 0 Å². The Morgan fingerprint density at radius 3 is 2.27 bits per heavy atom. The van der Waals surface area contributed by atoms with Gasteiger partial charge in [0.05, 0.1) is 17.2 Å². The predicted octanol–water partition coefficient (Wildman–Crippen LogP) is 2.53. The van der Waals surface area contributed by atoms with Crippen LogP contribution in [0, 0.1) is 0 Å². The summed E-state index contributed by atoms with van der Waals surface area (Å²) in [6.07, 6.45) is 1.31. The van der Waals surface area contributed by atoms with Crippen molar-refractivity contribution in [3.63, 3.8) is 0 Å². The fourth-order valence-corrected chi connectivity index (χ4v) is 3.77. The lowest BCUT2D eigenvalue weighted by molar-refractivity contribution is 0.242. The van der Waals surface area contributed by atoms with Crippen LogP contribution in [0.4, 0.5) is 5.69 Å². The van der Waals surface area contributed by atoms with Crippen LogP contribution in [0.1, 0.15) is 19.4 Å². The van der Waals surface area contributed by atoms with Crippen LogP contribution < -0.4 is 14.6 Å². The normalized spacial score (nSPS) is 12.5. The number of sulfonamides is 2. The third-order valence-electron chi connectivity index (χ3n) is 3.15. The monoisotopic (exact) mass is 396 g/mol. The maximum Gasteiger partial charge on any atom is 0.255 e. The Morgan fingerprint density at radius 2 is 1.62 bits per heavy atom. The lowest BCUT2D eigenvalue weighted by atomic mass is 10.2. The summed E-state index contributed by atoms with van der Waals surface area (Å²) in [5, 5.41) is 6.05. The van der Waals surface area contributed by atoms with Crippen molar-refractivity contribution in [2.75, 3.05) is 4.72 Å². The summed E-state index contributed by atoms with van der Waals surface area (Å²) >= 11 is 0. The van der Waals surface area contributed by atoms with E-state index >= 15 is 0 Å². The lowest BCUT2D eigenvalue weighted by Gasteiger charge is -2.12. The minimum Gasteiger partial charge on any atom is -0.490 e. The summed E-state index contributed by atoms with van der Waals surface area (Å²) in [5.41, 5.74) is 0.456. The fourth-order valence-electron chi connectivity index (χ4n) is 2.13. The van der Waals surface area contributed by atoms with E-state index in [4.69, 9.17) is 9.88 Å². The van der Waals surface area contributed by atoms with Gasteiger partial charge in [-0.05, 0) is 38.1 Å². The van der Waals surface area contributed by atoms with Gasteiger partial charge in [0.15, 0.2) is 0 Å². The van der Waals surface area contributed by atoms with Crippen molar-refractivity contribution < 1.29 is 21.6 Å². The second-order valence-electron chi connectivity index (χ2n) is 5.70. The van der Waals surface area contributed by atoms with Crippen LogP contribution in [-0.2, 0) is 20.0 Å². The molecule has 2 aromatic carbocycles. The van der Waals surface area contributed by atoms with Gasteiger partial charge in [0.2, 0.25) is 10.0 Å². The molecular formula is C17H20N2O5S2. The highest BCUT2D eigenvalue weighted by Gasteiger charge is 2.16. The number of anilines is 1. The third kappa shape index (κ3) is 5.58. The molecule has 0 bridgehead atoms. The largest absolute Gasteiger partial charge is 0.490 e. The molecule has 0 radical (unpaired) electrons. The molecule has 0 aliphatic heterocycles. The first-order valence-corrected chi connectivity index (χ1v) is 10.8. The number of benzene rings is 2. The standard InChI is InChI=1S/C17H20N2O5S2/c1-13(2)24-16-9-5-3-7-14(16)11-12-25(20,21)19-15-8-4-6-10-17(15)26(18,22)23/h3-13,19H,1-2H3,(H2,18,22,23). The smallest absolute Gasteiger partial charge is 0.255 e. The van der Waals surface area contributed by atoms with Gasteiger partial charge in [-0.1, -0.05) is 30.3 Å². The van der Waals surface area contributed by atoms with Crippen LogP contribution in [0.25, 0.3) is 6.08 Å². The van der Waals surface area contributed by atoms with Gasteiger partial charge in [0.1, 0.15) is 10.6 Å². The van der Waals surface area contributed by atoms with Crippen molar-refractivity contribution in [3.8, 4) is 5.75 Å². The number of para-hydroxylation sites is 2. The highest BCUT2D eigenvalue weighted by atomic mass is 32.2. The molecule has 0 heterocycles. The van der Waals surface area contributed by atoms with E-state index in [2.05, 4.69) is 4.72 Å². The first-order valence-electron chi connectivity index (χ1n) is 7.67. The number of rotatable bonds is 7. The number of hydrogen-bond donors (Lipinski definition) is 2. The second-order valence-corrected chi connectivity index (χ2v) is 8.79. The van der Waals surface area contributed by atoms with Crippen molar-refractivity contribution in [2.45, 2.75) is 24.8 Å². The minimum absolute atomic E-state index is 0.0686. The number of nitrogens with one attached hydrogen (secondary N) is 1. The van der Waals surface area contributed by atoms with Gasteiger partial charge in [-0.25, -0.2) is 22.0 Å². The number of ether oxygens (including phenoxy) is 1. The highest BCUT2D eigenvalue weighted by Crippen LogP contribution is 2.23. The molecule has 0 unspecified atom stereocenters. The molecule has 0 spiro atoms. The van der Waals surface area contributed by atoms with Crippen molar-refractivity contribution in [2.24, 2.45) is 5.14 Å². The van der Waals surface area contributed by atoms with Gasteiger partial charge in [0.25, 0.3) is 10.0 Å². The molecule has 0 saturated heterocycles. The van der Waals surface area contributed by atoms with E-state index in [1.54, 1.807) is 24.3 Å². The first-order chi connectivity index (χ1) is 12.1.